The standard InChI is InChI=1S/C23H28ClN3O2/c1-17(28)27-10-2-3-18-15-19(4-9-22(18)27)23(29)16-25-11-13-26(14-12-25)21-7-5-20(24)6-8-21/h4-9,15,23,29H,2-3,10-14,16H2,1H3/t23-/m1/s1. The smallest absolute Gasteiger partial charge is 0.223 e. The van der Waals surface area contributed by atoms with Gasteiger partial charge in [0, 0.05) is 62.6 Å². The van der Waals surface area contributed by atoms with E-state index in [0.717, 1.165) is 67.4 Å². The third-order valence-electron chi connectivity index (χ3n) is 5.98. The van der Waals surface area contributed by atoms with Crippen LogP contribution in [0.25, 0.3) is 0 Å². The van der Waals surface area contributed by atoms with Gasteiger partial charge in [0.1, 0.15) is 0 Å². The molecule has 0 unspecified atom stereocenters. The Morgan fingerprint density at radius 2 is 1.79 bits per heavy atom. The van der Waals surface area contributed by atoms with Gasteiger partial charge in [0.2, 0.25) is 5.91 Å². The first-order valence-electron chi connectivity index (χ1n) is 10.3. The minimum Gasteiger partial charge on any atom is -0.387 e. The van der Waals surface area contributed by atoms with Crippen LogP contribution in [-0.4, -0.2) is 55.2 Å². The summed E-state index contributed by atoms with van der Waals surface area (Å²) < 4.78 is 0. The summed E-state index contributed by atoms with van der Waals surface area (Å²) in [5, 5.41) is 11.6. The number of hydrogen-bond acceptors (Lipinski definition) is 4. The molecule has 4 rings (SSSR count). The van der Waals surface area contributed by atoms with Gasteiger partial charge in [0.15, 0.2) is 0 Å². The second-order valence-corrected chi connectivity index (χ2v) is 8.38. The van der Waals surface area contributed by atoms with Crippen molar-refractivity contribution in [3.63, 3.8) is 0 Å². The fourth-order valence-electron chi connectivity index (χ4n) is 4.34. The molecule has 154 valence electrons. The number of nitrogens with zero attached hydrogens (tertiary/aromatic N) is 3. The molecule has 1 atom stereocenters. The molecular formula is C23H28ClN3O2. The van der Waals surface area contributed by atoms with Gasteiger partial charge in [-0.1, -0.05) is 23.7 Å². The second-order valence-electron chi connectivity index (χ2n) is 7.94. The van der Waals surface area contributed by atoms with Crippen LogP contribution in [-0.2, 0) is 11.2 Å². The molecule has 0 saturated carbocycles. The maximum atomic E-state index is 11.8. The zero-order valence-corrected chi connectivity index (χ0v) is 17.6. The van der Waals surface area contributed by atoms with Gasteiger partial charge in [0.25, 0.3) is 0 Å². The number of aryl methyl sites for hydroxylation is 1. The summed E-state index contributed by atoms with van der Waals surface area (Å²) in [7, 11) is 0. The van der Waals surface area contributed by atoms with Crippen molar-refractivity contribution in [3.05, 3.63) is 58.6 Å². The number of piperazine rings is 1. The van der Waals surface area contributed by atoms with Gasteiger partial charge in [-0.05, 0) is 54.3 Å². The molecule has 2 aromatic carbocycles. The zero-order chi connectivity index (χ0) is 20.4. The lowest BCUT2D eigenvalue weighted by atomic mass is 9.97. The van der Waals surface area contributed by atoms with Crippen molar-refractivity contribution in [2.24, 2.45) is 0 Å². The van der Waals surface area contributed by atoms with Crippen LogP contribution in [0.5, 0.6) is 0 Å². The molecule has 1 fully saturated rings. The van der Waals surface area contributed by atoms with Gasteiger partial charge >= 0.3 is 0 Å². The van der Waals surface area contributed by atoms with Crippen molar-refractivity contribution in [2.75, 3.05) is 49.1 Å². The van der Waals surface area contributed by atoms with Crippen molar-refractivity contribution in [2.45, 2.75) is 25.9 Å². The maximum absolute atomic E-state index is 11.8. The molecule has 6 heteroatoms. The summed E-state index contributed by atoms with van der Waals surface area (Å²) in [5.41, 5.74) is 4.29. The number of benzene rings is 2. The van der Waals surface area contributed by atoms with E-state index in [1.807, 2.05) is 29.2 Å². The molecule has 2 aliphatic heterocycles. The minimum atomic E-state index is -0.518. The molecule has 29 heavy (non-hydrogen) atoms. The normalized spacial score (nSPS) is 18.4. The SMILES string of the molecule is CC(=O)N1CCCc2cc([C@H](O)CN3CCN(c4ccc(Cl)cc4)CC3)ccc21. The molecule has 2 heterocycles. The first-order valence-corrected chi connectivity index (χ1v) is 10.7. The van der Waals surface area contributed by atoms with Gasteiger partial charge in [-0.2, -0.15) is 0 Å². The van der Waals surface area contributed by atoms with Gasteiger partial charge in [-0.15, -0.1) is 0 Å². The van der Waals surface area contributed by atoms with Crippen molar-refractivity contribution < 1.29 is 9.90 Å². The maximum Gasteiger partial charge on any atom is 0.223 e. The largest absolute Gasteiger partial charge is 0.387 e. The molecule has 0 radical (unpaired) electrons. The topological polar surface area (TPSA) is 47.0 Å². The summed E-state index contributed by atoms with van der Waals surface area (Å²) in [5.74, 6) is 0.0813. The van der Waals surface area contributed by atoms with E-state index < -0.39 is 6.10 Å². The van der Waals surface area contributed by atoms with E-state index >= 15 is 0 Å². The summed E-state index contributed by atoms with van der Waals surface area (Å²) in [6.07, 6.45) is 1.41. The van der Waals surface area contributed by atoms with E-state index in [1.54, 1.807) is 6.92 Å². The monoisotopic (exact) mass is 413 g/mol. The lowest BCUT2D eigenvalue weighted by Crippen LogP contribution is -2.47. The zero-order valence-electron chi connectivity index (χ0n) is 16.9. The lowest BCUT2D eigenvalue weighted by molar-refractivity contribution is -0.116. The fourth-order valence-corrected chi connectivity index (χ4v) is 4.47. The fraction of sp³-hybridized carbons (Fsp3) is 0.435. The second kappa shape index (κ2) is 8.74. The van der Waals surface area contributed by atoms with E-state index in [0.29, 0.717) is 6.54 Å². The van der Waals surface area contributed by atoms with Crippen molar-refractivity contribution in [1.82, 2.24) is 4.90 Å². The van der Waals surface area contributed by atoms with Gasteiger partial charge in [-0.3, -0.25) is 9.69 Å². The molecule has 1 saturated heterocycles. The van der Waals surface area contributed by atoms with Crippen LogP contribution >= 0.6 is 11.6 Å². The Kier molecular flexibility index (Phi) is 6.09. The number of amides is 1. The van der Waals surface area contributed by atoms with E-state index in [4.69, 9.17) is 11.6 Å². The molecule has 5 nitrogen and oxygen atoms in total. The Labute approximate surface area is 177 Å². The number of rotatable bonds is 4. The van der Waals surface area contributed by atoms with Crippen LogP contribution in [0.3, 0.4) is 0 Å². The van der Waals surface area contributed by atoms with E-state index in [-0.39, 0.29) is 5.91 Å². The van der Waals surface area contributed by atoms with Crippen LogP contribution in [0.2, 0.25) is 5.02 Å². The molecule has 0 bridgehead atoms. The Morgan fingerprint density at radius 3 is 2.48 bits per heavy atom. The van der Waals surface area contributed by atoms with Gasteiger partial charge < -0.3 is 14.9 Å². The van der Waals surface area contributed by atoms with Gasteiger partial charge in [0.05, 0.1) is 6.10 Å². The number of hydrogen-bond donors (Lipinski definition) is 1. The Morgan fingerprint density at radius 1 is 1.07 bits per heavy atom. The predicted molar refractivity (Wildman–Crippen MR) is 118 cm³/mol. The highest BCUT2D eigenvalue weighted by Gasteiger charge is 2.23. The van der Waals surface area contributed by atoms with Crippen LogP contribution in [0, 0.1) is 0 Å². The lowest BCUT2D eigenvalue weighted by Gasteiger charge is -2.37. The number of carbonyl (C=O) groups is 1. The average molecular weight is 414 g/mol. The summed E-state index contributed by atoms with van der Waals surface area (Å²) in [4.78, 5) is 18.4. The first-order chi connectivity index (χ1) is 14.0. The first kappa shape index (κ1) is 20.2. The molecule has 1 N–H and O–H groups in total. The quantitative estimate of drug-likeness (QED) is 0.833. The number of β-amino-alcohol motifs (C(OH)–C–C–N with tert-alkyl or cyclic N) is 1. The number of anilines is 2. The molecule has 0 aliphatic carbocycles. The van der Waals surface area contributed by atoms with Crippen LogP contribution < -0.4 is 9.80 Å². The van der Waals surface area contributed by atoms with E-state index in [1.165, 1.54) is 5.69 Å². The van der Waals surface area contributed by atoms with Gasteiger partial charge in [-0.25, -0.2) is 0 Å². The highest BCUT2D eigenvalue weighted by atomic mass is 35.5. The number of carbonyl (C=O) groups excluding carboxylic acids is 1. The van der Waals surface area contributed by atoms with E-state index in [9.17, 15) is 9.90 Å². The number of fused-ring (bicyclic) bond motifs is 1. The molecule has 2 aliphatic rings. The number of aliphatic hydroxyl groups excluding tert-OH is 1. The molecule has 0 spiro atoms. The minimum absolute atomic E-state index is 0.0813. The van der Waals surface area contributed by atoms with Crippen LogP contribution in [0.15, 0.2) is 42.5 Å². The third kappa shape index (κ3) is 4.58. The molecule has 1 amide bonds. The third-order valence-corrected chi connectivity index (χ3v) is 6.23. The molecule has 0 aromatic heterocycles. The molecule has 2 aromatic rings. The summed E-state index contributed by atoms with van der Waals surface area (Å²) >= 11 is 5.98. The Hall–Kier alpha value is -2.08. The summed E-state index contributed by atoms with van der Waals surface area (Å²) in [6.45, 7) is 6.73. The Bertz CT molecular complexity index is 863. The van der Waals surface area contributed by atoms with Crippen molar-refractivity contribution in [1.29, 1.82) is 0 Å². The highest BCUT2D eigenvalue weighted by Crippen LogP contribution is 2.30. The van der Waals surface area contributed by atoms with Crippen molar-refractivity contribution in [3.8, 4) is 0 Å². The summed E-state index contributed by atoms with van der Waals surface area (Å²) in [6, 6.07) is 14.0. The van der Waals surface area contributed by atoms with Crippen LogP contribution in [0.1, 0.15) is 30.6 Å². The highest BCUT2D eigenvalue weighted by molar-refractivity contribution is 6.30. The number of halogens is 1. The van der Waals surface area contributed by atoms with Crippen LogP contribution in [0.4, 0.5) is 11.4 Å². The number of aliphatic hydroxyl groups is 1. The predicted octanol–water partition coefficient (Wildman–Crippen LogP) is 3.49. The average Bonchev–Trinajstić information content (AvgIpc) is 2.74. The Balaban J connectivity index is 1.36. The molecular weight excluding hydrogens is 386 g/mol. The van der Waals surface area contributed by atoms with Crippen molar-refractivity contribution >= 4 is 28.9 Å². The van der Waals surface area contributed by atoms with E-state index in [2.05, 4.69) is 28.0 Å².